The largest absolute Gasteiger partial charge is 0.481 e. The second-order valence-corrected chi connectivity index (χ2v) is 3.98. The molecule has 0 aromatic heterocycles. The zero-order chi connectivity index (χ0) is 10.7. The average Bonchev–Trinajstić information content (AvgIpc) is 2.16. The third kappa shape index (κ3) is 2.06. The van der Waals surface area contributed by atoms with Crippen molar-refractivity contribution in [3.63, 3.8) is 0 Å². The molecule has 2 unspecified atom stereocenters. The summed E-state index contributed by atoms with van der Waals surface area (Å²) in [5.41, 5.74) is 0. The number of carboxylic acid groups (broad SMARTS) is 1. The van der Waals surface area contributed by atoms with Gasteiger partial charge in [0.25, 0.3) is 0 Å². The van der Waals surface area contributed by atoms with E-state index in [9.17, 15) is 14.4 Å². The summed E-state index contributed by atoms with van der Waals surface area (Å²) in [6.07, 6.45) is 0. The van der Waals surface area contributed by atoms with Crippen molar-refractivity contribution in [3.05, 3.63) is 0 Å². The Labute approximate surface area is 84.8 Å². The molecule has 78 valence electrons. The first-order chi connectivity index (χ1) is 6.57. The zero-order valence-corrected chi connectivity index (χ0v) is 8.37. The summed E-state index contributed by atoms with van der Waals surface area (Å²) in [6.45, 7) is 0. The lowest BCUT2D eigenvalue weighted by atomic mass is 9.95. The fourth-order valence-electron chi connectivity index (χ4n) is 1.23. The van der Waals surface area contributed by atoms with E-state index >= 15 is 0 Å². The Kier molecular flexibility index (Phi) is 3.51. The number of rotatable bonds is 2. The number of hydrogen-bond donors (Lipinski definition) is 1. The van der Waals surface area contributed by atoms with E-state index in [0.29, 0.717) is 5.75 Å². The van der Waals surface area contributed by atoms with E-state index in [4.69, 9.17) is 5.11 Å². The van der Waals surface area contributed by atoms with E-state index < -0.39 is 29.6 Å². The van der Waals surface area contributed by atoms with Crippen LogP contribution in [0.25, 0.3) is 0 Å². The molecule has 5 nitrogen and oxygen atoms in total. The molecule has 0 aliphatic carbocycles. The van der Waals surface area contributed by atoms with E-state index in [-0.39, 0.29) is 5.75 Å². The molecule has 0 amide bonds. The second kappa shape index (κ2) is 4.45. The van der Waals surface area contributed by atoms with Gasteiger partial charge >= 0.3 is 11.9 Å². The number of ether oxygens (including phenoxy) is 1. The summed E-state index contributed by atoms with van der Waals surface area (Å²) in [5.74, 6) is -3.79. The molecule has 14 heavy (non-hydrogen) atoms. The highest BCUT2D eigenvalue weighted by Gasteiger charge is 2.40. The van der Waals surface area contributed by atoms with Crippen molar-refractivity contribution in [3.8, 4) is 0 Å². The molecule has 1 aliphatic rings. The predicted molar refractivity (Wildman–Crippen MR) is 49.0 cm³/mol. The third-order valence-electron chi connectivity index (χ3n) is 2.04. The van der Waals surface area contributed by atoms with Gasteiger partial charge in [-0.1, -0.05) is 0 Å². The van der Waals surface area contributed by atoms with Gasteiger partial charge in [0.15, 0.2) is 5.78 Å². The first-order valence-corrected chi connectivity index (χ1v) is 5.15. The van der Waals surface area contributed by atoms with Crippen LogP contribution in [0.1, 0.15) is 0 Å². The van der Waals surface area contributed by atoms with Crippen molar-refractivity contribution in [1.29, 1.82) is 0 Å². The third-order valence-corrected chi connectivity index (χ3v) is 3.18. The lowest BCUT2D eigenvalue weighted by molar-refractivity contribution is -0.152. The van der Waals surface area contributed by atoms with Gasteiger partial charge in [-0.2, -0.15) is 11.8 Å². The van der Waals surface area contributed by atoms with Crippen LogP contribution in [-0.2, 0) is 19.1 Å². The molecule has 0 spiro atoms. The summed E-state index contributed by atoms with van der Waals surface area (Å²) in [7, 11) is 1.19. The Bertz CT molecular complexity index is 275. The van der Waals surface area contributed by atoms with Gasteiger partial charge in [0.1, 0.15) is 11.8 Å². The van der Waals surface area contributed by atoms with Gasteiger partial charge in [0, 0.05) is 11.5 Å². The molecule has 1 rings (SSSR count). The maximum absolute atomic E-state index is 11.5. The van der Waals surface area contributed by atoms with Crippen LogP contribution in [0.15, 0.2) is 0 Å². The number of thioether (sulfide) groups is 1. The van der Waals surface area contributed by atoms with Crippen LogP contribution in [0.4, 0.5) is 0 Å². The minimum atomic E-state index is -1.17. The molecule has 1 aliphatic heterocycles. The molecular formula is C8H10O5S. The maximum atomic E-state index is 11.5. The Morgan fingerprint density at radius 3 is 2.50 bits per heavy atom. The lowest BCUT2D eigenvalue weighted by Gasteiger charge is -2.22. The molecule has 0 bridgehead atoms. The number of methoxy groups -OCH3 is 1. The molecular weight excluding hydrogens is 208 g/mol. The molecule has 0 aromatic carbocycles. The first-order valence-electron chi connectivity index (χ1n) is 4.00. The maximum Gasteiger partial charge on any atom is 0.317 e. The van der Waals surface area contributed by atoms with E-state index in [1.54, 1.807) is 0 Å². The Morgan fingerprint density at radius 1 is 1.43 bits per heavy atom. The standard InChI is InChI=1S/C8H10O5S/c1-13-8(12)5-3-14-2-4(6(5)9)7(10)11/h4-5H,2-3H2,1H3,(H,10,11). The van der Waals surface area contributed by atoms with Crippen molar-refractivity contribution in [2.24, 2.45) is 11.8 Å². The molecule has 1 fully saturated rings. The minimum absolute atomic E-state index is 0.238. The highest BCUT2D eigenvalue weighted by atomic mass is 32.2. The number of carboxylic acids is 1. The SMILES string of the molecule is COC(=O)C1CSCC(C(=O)O)C1=O. The molecule has 1 heterocycles. The molecule has 0 saturated carbocycles. The normalized spacial score (nSPS) is 27.1. The Hall–Kier alpha value is -1.04. The Balaban J connectivity index is 2.76. The smallest absolute Gasteiger partial charge is 0.317 e. The van der Waals surface area contributed by atoms with Crippen LogP contribution in [0.3, 0.4) is 0 Å². The zero-order valence-electron chi connectivity index (χ0n) is 7.56. The van der Waals surface area contributed by atoms with Gasteiger partial charge in [-0.15, -0.1) is 0 Å². The first kappa shape index (κ1) is 11.0. The molecule has 2 atom stereocenters. The summed E-state index contributed by atoms with van der Waals surface area (Å²) in [6, 6.07) is 0. The van der Waals surface area contributed by atoms with Gasteiger partial charge in [0.2, 0.25) is 0 Å². The highest BCUT2D eigenvalue weighted by molar-refractivity contribution is 7.99. The average molecular weight is 218 g/mol. The van der Waals surface area contributed by atoms with E-state index in [2.05, 4.69) is 4.74 Å². The van der Waals surface area contributed by atoms with Crippen molar-refractivity contribution in [1.82, 2.24) is 0 Å². The number of ketones is 1. The van der Waals surface area contributed by atoms with Gasteiger partial charge in [0.05, 0.1) is 7.11 Å². The number of hydrogen-bond acceptors (Lipinski definition) is 5. The van der Waals surface area contributed by atoms with Gasteiger partial charge in [-0.25, -0.2) is 0 Å². The van der Waals surface area contributed by atoms with E-state index in [1.807, 2.05) is 0 Å². The second-order valence-electron chi connectivity index (χ2n) is 2.91. The molecule has 0 aromatic rings. The topological polar surface area (TPSA) is 80.7 Å². The molecule has 0 radical (unpaired) electrons. The fraction of sp³-hybridized carbons (Fsp3) is 0.625. The highest BCUT2D eigenvalue weighted by Crippen LogP contribution is 2.25. The van der Waals surface area contributed by atoms with Crippen molar-refractivity contribution in [2.75, 3.05) is 18.6 Å². The Morgan fingerprint density at radius 2 is 2.00 bits per heavy atom. The number of aliphatic carboxylic acids is 1. The van der Waals surface area contributed by atoms with Crippen molar-refractivity contribution >= 4 is 29.5 Å². The van der Waals surface area contributed by atoms with Gasteiger partial charge in [-0.05, 0) is 0 Å². The summed E-state index contributed by atoms with van der Waals surface area (Å²) in [5, 5.41) is 8.69. The fourth-order valence-corrected chi connectivity index (χ4v) is 2.44. The quantitative estimate of drug-likeness (QED) is 0.510. The number of esters is 1. The summed E-state index contributed by atoms with van der Waals surface area (Å²) < 4.78 is 4.42. The van der Waals surface area contributed by atoms with Crippen molar-refractivity contribution < 1.29 is 24.2 Å². The minimum Gasteiger partial charge on any atom is -0.481 e. The van der Waals surface area contributed by atoms with Gasteiger partial charge in [-0.3, -0.25) is 14.4 Å². The number of carbonyl (C=O) groups excluding carboxylic acids is 2. The van der Waals surface area contributed by atoms with Crippen LogP contribution >= 0.6 is 11.8 Å². The molecule has 1 saturated heterocycles. The number of Topliss-reactive ketones (excluding diaryl/α,β-unsaturated/α-hetero) is 1. The van der Waals surface area contributed by atoms with Crippen molar-refractivity contribution in [2.45, 2.75) is 0 Å². The lowest BCUT2D eigenvalue weighted by Crippen LogP contribution is -2.41. The van der Waals surface area contributed by atoms with Crippen LogP contribution in [0, 0.1) is 11.8 Å². The van der Waals surface area contributed by atoms with Crippen LogP contribution < -0.4 is 0 Å². The van der Waals surface area contributed by atoms with Crippen LogP contribution in [-0.4, -0.2) is 41.4 Å². The van der Waals surface area contributed by atoms with E-state index in [1.165, 1.54) is 18.9 Å². The van der Waals surface area contributed by atoms with Crippen LogP contribution in [0.2, 0.25) is 0 Å². The monoisotopic (exact) mass is 218 g/mol. The molecule has 6 heteroatoms. The number of carbonyl (C=O) groups is 3. The summed E-state index contributed by atoms with van der Waals surface area (Å²) >= 11 is 1.28. The predicted octanol–water partition coefficient (Wildman–Crippen LogP) is -0.208. The molecule has 1 N–H and O–H groups in total. The van der Waals surface area contributed by atoms with E-state index in [0.717, 1.165) is 0 Å². The van der Waals surface area contributed by atoms with Gasteiger partial charge < -0.3 is 9.84 Å². The van der Waals surface area contributed by atoms with Crippen LogP contribution in [0.5, 0.6) is 0 Å². The summed E-state index contributed by atoms with van der Waals surface area (Å²) in [4.78, 5) is 33.2.